The molecule has 0 bridgehead atoms. The molecule has 5 heteroatoms. The lowest BCUT2D eigenvalue weighted by Gasteiger charge is -2.26. The highest BCUT2D eigenvalue weighted by Gasteiger charge is 2.32. The Hall–Kier alpha value is -2.92. The molecule has 3 aromatic rings. The van der Waals surface area contributed by atoms with Gasteiger partial charge in [-0.15, -0.1) is 11.8 Å². The number of nitrogens with one attached hydrogen (secondary N) is 1. The van der Waals surface area contributed by atoms with Gasteiger partial charge in [-0.05, 0) is 37.1 Å². The second kappa shape index (κ2) is 9.26. The minimum absolute atomic E-state index is 0.0669. The number of hydrogen-bond acceptors (Lipinski definition) is 3. The minimum Gasteiger partial charge on any atom is -0.489 e. The summed E-state index contributed by atoms with van der Waals surface area (Å²) in [5, 5.41) is 3.02. The van der Waals surface area contributed by atoms with Gasteiger partial charge in [0.25, 0.3) is 0 Å². The molecule has 1 saturated heterocycles. The molecule has 4 nitrogen and oxygen atoms in total. The molecule has 1 aliphatic heterocycles. The summed E-state index contributed by atoms with van der Waals surface area (Å²) in [5.41, 5.74) is 5.26. The first-order chi connectivity index (χ1) is 14.6. The van der Waals surface area contributed by atoms with Gasteiger partial charge in [0.05, 0.1) is 0 Å². The normalized spacial score (nSPS) is 15.8. The molecular formula is C25H26N2O2S. The van der Waals surface area contributed by atoms with Crippen LogP contribution >= 0.6 is 11.8 Å². The molecule has 0 aliphatic carbocycles. The van der Waals surface area contributed by atoms with Gasteiger partial charge in [-0.3, -0.25) is 0 Å². The highest BCUT2D eigenvalue weighted by molar-refractivity contribution is 7.99. The van der Waals surface area contributed by atoms with E-state index < -0.39 is 0 Å². The van der Waals surface area contributed by atoms with Gasteiger partial charge in [0, 0.05) is 23.5 Å². The molecule has 1 heterocycles. The van der Waals surface area contributed by atoms with Crippen LogP contribution in [0.3, 0.4) is 0 Å². The topological polar surface area (TPSA) is 41.6 Å². The lowest BCUT2D eigenvalue weighted by molar-refractivity contribution is 0.213. The predicted molar refractivity (Wildman–Crippen MR) is 124 cm³/mol. The molecule has 0 unspecified atom stereocenters. The first kappa shape index (κ1) is 20.4. The third-order valence-corrected chi connectivity index (χ3v) is 6.44. The van der Waals surface area contributed by atoms with E-state index in [9.17, 15) is 4.79 Å². The number of urea groups is 1. The molecule has 154 valence electrons. The van der Waals surface area contributed by atoms with Crippen molar-refractivity contribution in [2.75, 3.05) is 17.6 Å². The molecule has 3 aromatic carbocycles. The molecule has 0 aromatic heterocycles. The fraction of sp³-hybridized carbons (Fsp3) is 0.240. The van der Waals surface area contributed by atoms with E-state index in [-0.39, 0.29) is 11.4 Å². The molecule has 30 heavy (non-hydrogen) atoms. The van der Waals surface area contributed by atoms with E-state index in [1.807, 2.05) is 60.4 Å². The summed E-state index contributed by atoms with van der Waals surface area (Å²) in [7, 11) is 0. The zero-order valence-corrected chi connectivity index (χ0v) is 18.1. The van der Waals surface area contributed by atoms with E-state index in [0.29, 0.717) is 13.2 Å². The maximum absolute atomic E-state index is 13.1. The number of carbonyl (C=O) groups is 1. The first-order valence-corrected chi connectivity index (χ1v) is 11.2. The predicted octanol–water partition coefficient (Wildman–Crippen LogP) is 6.16. The van der Waals surface area contributed by atoms with Gasteiger partial charge in [-0.2, -0.15) is 0 Å². The van der Waals surface area contributed by atoms with Gasteiger partial charge < -0.3 is 15.0 Å². The van der Waals surface area contributed by atoms with Crippen LogP contribution in [0, 0.1) is 13.8 Å². The number of aryl methyl sites for hydroxylation is 2. The third-order valence-electron chi connectivity index (χ3n) is 5.20. The van der Waals surface area contributed by atoms with Crippen molar-refractivity contribution in [2.24, 2.45) is 0 Å². The second-order valence-electron chi connectivity index (χ2n) is 7.48. The summed E-state index contributed by atoms with van der Waals surface area (Å²) in [5.74, 6) is 1.72. The van der Waals surface area contributed by atoms with Crippen LogP contribution in [0.4, 0.5) is 10.5 Å². The summed E-state index contributed by atoms with van der Waals surface area (Å²) >= 11 is 1.77. The SMILES string of the molecule is Cc1ccc(NC(=O)N2CCS[C@H]2c2ccccc2OCc2ccccc2)c(C)c1. The van der Waals surface area contributed by atoms with Crippen LogP contribution in [0.5, 0.6) is 5.75 Å². The first-order valence-electron chi connectivity index (χ1n) is 10.1. The largest absolute Gasteiger partial charge is 0.489 e. The molecule has 1 N–H and O–H groups in total. The van der Waals surface area contributed by atoms with E-state index in [0.717, 1.165) is 33.9 Å². The Morgan fingerprint density at radius 2 is 1.83 bits per heavy atom. The number of carbonyl (C=O) groups excluding carboxylic acids is 1. The zero-order chi connectivity index (χ0) is 20.9. The Morgan fingerprint density at radius 3 is 2.63 bits per heavy atom. The Bertz CT molecular complexity index is 1020. The summed E-state index contributed by atoms with van der Waals surface area (Å²) < 4.78 is 6.14. The van der Waals surface area contributed by atoms with E-state index in [4.69, 9.17) is 4.74 Å². The van der Waals surface area contributed by atoms with E-state index in [1.54, 1.807) is 11.8 Å². The Balaban J connectivity index is 1.51. The van der Waals surface area contributed by atoms with Crippen molar-refractivity contribution < 1.29 is 9.53 Å². The van der Waals surface area contributed by atoms with Gasteiger partial charge >= 0.3 is 6.03 Å². The lowest BCUT2D eigenvalue weighted by atomic mass is 10.1. The number of benzene rings is 3. The van der Waals surface area contributed by atoms with Crippen molar-refractivity contribution in [3.63, 3.8) is 0 Å². The molecular weight excluding hydrogens is 392 g/mol. The summed E-state index contributed by atoms with van der Waals surface area (Å²) in [6, 6.07) is 24.1. The number of nitrogens with zero attached hydrogens (tertiary/aromatic N) is 1. The van der Waals surface area contributed by atoms with Crippen LogP contribution in [-0.2, 0) is 6.61 Å². The van der Waals surface area contributed by atoms with Gasteiger partial charge in [0.15, 0.2) is 0 Å². The zero-order valence-electron chi connectivity index (χ0n) is 17.3. The summed E-state index contributed by atoms with van der Waals surface area (Å²) in [4.78, 5) is 15.0. The number of thioether (sulfide) groups is 1. The fourth-order valence-corrected chi connectivity index (χ4v) is 4.91. The number of rotatable bonds is 5. The number of ether oxygens (including phenoxy) is 1. The summed E-state index contributed by atoms with van der Waals surface area (Å²) in [6.45, 7) is 5.28. The van der Waals surface area contributed by atoms with E-state index in [2.05, 4.69) is 36.5 Å². The molecule has 1 atom stereocenters. The van der Waals surface area contributed by atoms with Crippen LogP contribution in [0.15, 0.2) is 72.8 Å². The third kappa shape index (κ3) is 4.62. The smallest absolute Gasteiger partial charge is 0.323 e. The van der Waals surface area contributed by atoms with Crippen molar-refractivity contribution in [3.05, 3.63) is 95.1 Å². The Labute approximate surface area is 182 Å². The van der Waals surface area contributed by atoms with Crippen LogP contribution < -0.4 is 10.1 Å². The van der Waals surface area contributed by atoms with Crippen molar-refractivity contribution >= 4 is 23.5 Å². The van der Waals surface area contributed by atoms with Crippen molar-refractivity contribution in [1.29, 1.82) is 0 Å². The van der Waals surface area contributed by atoms with Crippen molar-refractivity contribution in [2.45, 2.75) is 25.8 Å². The minimum atomic E-state index is -0.0742. The molecule has 0 radical (unpaired) electrons. The van der Waals surface area contributed by atoms with Gasteiger partial charge in [0.1, 0.15) is 17.7 Å². The maximum Gasteiger partial charge on any atom is 0.323 e. The van der Waals surface area contributed by atoms with E-state index >= 15 is 0 Å². The van der Waals surface area contributed by atoms with Gasteiger partial charge in [-0.25, -0.2) is 4.79 Å². The molecule has 1 fully saturated rings. The molecule has 0 saturated carbocycles. The highest BCUT2D eigenvalue weighted by Crippen LogP contribution is 2.42. The maximum atomic E-state index is 13.1. The fourth-order valence-electron chi connectivity index (χ4n) is 3.63. The standard InChI is InChI=1S/C25H26N2O2S/c1-18-12-13-22(19(2)16-18)26-25(28)27-14-15-30-24(27)21-10-6-7-11-23(21)29-17-20-8-4-3-5-9-20/h3-13,16,24H,14-15,17H2,1-2H3,(H,26,28)/t24-/m0/s1. The van der Waals surface area contributed by atoms with Crippen LogP contribution in [0.2, 0.25) is 0 Å². The monoisotopic (exact) mass is 418 g/mol. The number of amides is 2. The quantitative estimate of drug-likeness (QED) is 0.539. The average Bonchev–Trinajstić information content (AvgIpc) is 3.25. The second-order valence-corrected chi connectivity index (χ2v) is 8.67. The molecule has 1 aliphatic rings. The van der Waals surface area contributed by atoms with Crippen molar-refractivity contribution in [3.8, 4) is 5.75 Å². The number of para-hydroxylation sites is 1. The van der Waals surface area contributed by atoms with Gasteiger partial charge in [-0.1, -0.05) is 66.2 Å². The Kier molecular flexibility index (Phi) is 6.29. The molecule has 2 amide bonds. The van der Waals surface area contributed by atoms with Crippen molar-refractivity contribution in [1.82, 2.24) is 4.90 Å². The Morgan fingerprint density at radius 1 is 1.07 bits per heavy atom. The number of hydrogen-bond donors (Lipinski definition) is 1. The lowest BCUT2D eigenvalue weighted by Crippen LogP contribution is -2.34. The van der Waals surface area contributed by atoms with Crippen LogP contribution in [0.25, 0.3) is 0 Å². The summed E-state index contributed by atoms with van der Waals surface area (Å²) in [6.07, 6.45) is 0. The average molecular weight is 419 g/mol. The van der Waals surface area contributed by atoms with Gasteiger partial charge in [0.2, 0.25) is 0 Å². The molecule has 0 spiro atoms. The van der Waals surface area contributed by atoms with E-state index in [1.165, 1.54) is 5.56 Å². The van der Waals surface area contributed by atoms with Crippen LogP contribution in [-0.4, -0.2) is 23.2 Å². The van der Waals surface area contributed by atoms with Crippen LogP contribution in [0.1, 0.15) is 27.6 Å². The molecule has 4 rings (SSSR count). The highest BCUT2D eigenvalue weighted by atomic mass is 32.2. The number of anilines is 1.